The minimum atomic E-state index is -0.603. The number of hydrogen-bond donors (Lipinski definition) is 1. The molecule has 1 aliphatic heterocycles. The fraction of sp³-hybridized carbons (Fsp3) is 0. The Morgan fingerprint density at radius 2 is 2.04 bits per heavy atom. The van der Waals surface area contributed by atoms with E-state index in [0.29, 0.717) is 10.7 Å². The van der Waals surface area contributed by atoms with Crippen LogP contribution in [0.25, 0.3) is 6.08 Å². The number of nitrogens with zero attached hydrogens (tertiary/aromatic N) is 2. The summed E-state index contributed by atoms with van der Waals surface area (Å²) in [5, 5.41) is 11.6. The Morgan fingerprint density at radius 1 is 1.30 bits per heavy atom. The van der Waals surface area contributed by atoms with Gasteiger partial charge in [0.1, 0.15) is 5.76 Å². The zero-order valence-corrected chi connectivity index (χ0v) is 15.2. The van der Waals surface area contributed by atoms with Crippen molar-refractivity contribution >= 4 is 51.9 Å². The topological polar surface area (TPSA) is 106 Å². The second-order valence-electron chi connectivity index (χ2n) is 5.16. The average molecular weight is 401 g/mol. The molecule has 2 amide bonds. The summed E-state index contributed by atoms with van der Waals surface area (Å²) >= 11 is 6.17. The van der Waals surface area contributed by atoms with E-state index >= 15 is 0 Å². The number of allylic oxidation sites excluding steroid dienone is 2. The van der Waals surface area contributed by atoms with Crippen LogP contribution >= 0.6 is 24.0 Å². The molecule has 10 heteroatoms. The van der Waals surface area contributed by atoms with Gasteiger partial charge in [-0.05, 0) is 48.6 Å². The van der Waals surface area contributed by atoms with Crippen LogP contribution in [0.15, 0.2) is 64.1 Å². The number of non-ortho nitro benzene ring substituents is 1. The monoisotopic (exact) mass is 401 g/mol. The first-order chi connectivity index (χ1) is 13.0. The van der Waals surface area contributed by atoms with E-state index in [-0.39, 0.29) is 15.6 Å². The molecule has 0 saturated carbocycles. The number of hydrogen-bond acceptors (Lipinski definition) is 7. The van der Waals surface area contributed by atoms with Crippen LogP contribution in [-0.4, -0.2) is 26.1 Å². The van der Waals surface area contributed by atoms with Crippen molar-refractivity contribution in [2.45, 2.75) is 0 Å². The van der Waals surface area contributed by atoms with Gasteiger partial charge in [0.05, 0.1) is 16.1 Å². The number of benzene rings is 1. The van der Waals surface area contributed by atoms with Crippen LogP contribution in [0, 0.1) is 10.1 Å². The van der Waals surface area contributed by atoms with Crippen molar-refractivity contribution in [2.24, 2.45) is 0 Å². The molecule has 1 aliphatic rings. The summed E-state index contributed by atoms with van der Waals surface area (Å²) in [5.74, 6) is -0.439. The molecule has 0 spiro atoms. The van der Waals surface area contributed by atoms with E-state index in [1.54, 1.807) is 30.4 Å². The largest absolute Gasteiger partial charge is 0.465 e. The Morgan fingerprint density at radius 3 is 2.67 bits per heavy atom. The van der Waals surface area contributed by atoms with Gasteiger partial charge in [-0.1, -0.05) is 17.8 Å². The molecule has 1 aromatic heterocycles. The highest BCUT2D eigenvalue weighted by Crippen LogP contribution is 2.29. The number of carbonyl (C=O) groups excluding carboxylic acids is 2. The molecule has 0 atom stereocenters. The fourth-order valence-corrected chi connectivity index (χ4v) is 3.23. The zero-order valence-electron chi connectivity index (χ0n) is 13.5. The number of nitro groups is 1. The number of rotatable bonds is 5. The van der Waals surface area contributed by atoms with Gasteiger partial charge in [-0.15, -0.1) is 0 Å². The first kappa shape index (κ1) is 18.5. The third-order valence-corrected chi connectivity index (χ3v) is 4.72. The Labute approximate surface area is 162 Å². The Kier molecular flexibility index (Phi) is 5.48. The Bertz CT molecular complexity index is 965. The van der Waals surface area contributed by atoms with Crippen molar-refractivity contribution in [2.75, 3.05) is 0 Å². The van der Waals surface area contributed by atoms with Gasteiger partial charge in [-0.25, -0.2) is 0 Å². The van der Waals surface area contributed by atoms with Crippen molar-refractivity contribution in [3.05, 3.63) is 81.2 Å². The maximum atomic E-state index is 12.4. The van der Waals surface area contributed by atoms with Crippen molar-refractivity contribution in [1.29, 1.82) is 0 Å². The number of thiocarbonyl (C=S) groups is 1. The van der Waals surface area contributed by atoms with Crippen LogP contribution in [0.5, 0.6) is 0 Å². The van der Waals surface area contributed by atoms with Gasteiger partial charge in [-0.2, -0.15) is 5.01 Å². The molecule has 27 heavy (non-hydrogen) atoms. The van der Waals surface area contributed by atoms with E-state index in [1.165, 1.54) is 30.5 Å². The second-order valence-corrected chi connectivity index (χ2v) is 6.83. The third kappa shape index (κ3) is 4.30. The lowest BCUT2D eigenvalue weighted by Gasteiger charge is -2.15. The van der Waals surface area contributed by atoms with Crippen molar-refractivity contribution in [3.8, 4) is 0 Å². The van der Waals surface area contributed by atoms with E-state index in [2.05, 4.69) is 5.43 Å². The van der Waals surface area contributed by atoms with Crippen molar-refractivity contribution in [3.63, 3.8) is 0 Å². The molecule has 0 radical (unpaired) electrons. The molecule has 3 rings (SSSR count). The molecule has 136 valence electrons. The number of hydrazine groups is 1. The normalized spacial score (nSPS) is 15.7. The standard InChI is InChI=1S/C17H11N3O5S2/c21-15(11-6-8-12(9-7-11)20(23)24)18-19-16(22)14(27-17(19)26)5-1-3-13-4-2-10-25-13/h1-10H,(H,18,21)/b3-1+,14-5-. The summed E-state index contributed by atoms with van der Waals surface area (Å²) in [4.78, 5) is 35.1. The van der Waals surface area contributed by atoms with Gasteiger partial charge < -0.3 is 4.42 Å². The molecule has 2 heterocycles. The van der Waals surface area contributed by atoms with Gasteiger partial charge in [0.25, 0.3) is 17.5 Å². The minimum Gasteiger partial charge on any atom is -0.465 e. The average Bonchev–Trinajstić information content (AvgIpc) is 3.26. The second kappa shape index (κ2) is 7.98. The summed E-state index contributed by atoms with van der Waals surface area (Å²) in [7, 11) is 0. The molecular formula is C17H11N3O5S2. The van der Waals surface area contributed by atoms with Crippen LogP contribution in [0.4, 0.5) is 5.69 Å². The maximum absolute atomic E-state index is 12.4. The number of nitro benzene ring substituents is 1. The summed E-state index contributed by atoms with van der Waals surface area (Å²) in [5.41, 5.74) is 2.43. The molecule has 1 aromatic carbocycles. The van der Waals surface area contributed by atoms with Gasteiger partial charge in [0.15, 0.2) is 4.32 Å². The van der Waals surface area contributed by atoms with E-state index in [0.717, 1.165) is 16.8 Å². The number of furan rings is 1. The number of thioether (sulfide) groups is 1. The molecule has 8 nitrogen and oxygen atoms in total. The zero-order chi connectivity index (χ0) is 19.4. The highest BCUT2D eigenvalue weighted by Gasteiger charge is 2.33. The molecule has 0 bridgehead atoms. The summed E-state index contributed by atoms with van der Waals surface area (Å²) in [6, 6.07) is 8.52. The van der Waals surface area contributed by atoms with E-state index in [9.17, 15) is 19.7 Å². The van der Waals surface area contributed by atoms with Crippen LogP contribution in [-0.2, 0) is 4.79 Å². The number of amides is 2. The predicted octanol–water partition coefficient (Wildman–Crippen LogP) is 3.29. The van der Waals surface area contributed by atoms with Gasteiger partial charge in [0, 0.05) is 17.7 Å². The van der Waals surface area contributed by atoms with E-state index < -0.39 is 16.7 Å². The van der Waals surface area contributed by atoms with Crippen LogP contribution in [0.3, 0.4) is 0 Å². The Balaban J connectivity index is 1.68. The summed E-state index contributed by atoms with van der Waals surface area (Å²) in [6.07, 6.45) is 6.43. The lowest BCUT2D eigenvalue weighted by atomic mass is 10.2. The lowest BCUT2D eigenvalue weighted by Crippen LogP contribution is -2.44. The molecule has 1 saturated heterocycles. The van der Waals surface area contributed by atoms with Crippen LogP contribution in [0.1, 0.15) is 16.1 Å². The molecule has 2 aromatic rings. The molecule has 0 unspecified atom stereocenters. The third-order valence-electron chi connectivity index (χ3n) is 3.40. The van der Waals surface area contributed by atoms with Crippen LogP contribution < -0.4 is 5.43 Å². The highest BCUT2D eigenvalue weighted by atomic mass is 32.2. The Hall–Kier alpha value is -3.24. The summed E-state index contributed by atoms with van der Waals surface area (Å²) in [6.45, 7) is 0. The van der Waals surface area contributed by atoms with Gasteiger partial charge >= 0.3 is 0 Å². The first-order valence-corrected chi connectivity index (χ1v) is 8.72. The molecule has 0 aliphatic carbocycles. The van der Waals surface area contributed by atoms with Crippen molar-refractivity contribution < 1.29 is 18.9 Å². The highest BCUT2D eigenvalue weighted by molar-refractivity contribution is 8.26. The molecular weight excluding hydrogens is 390 g/mol. The lowest BCUT2D eigenvalue weighted by molar-refractivity contribution is -0.384. The molecule has 1 N–H and O–H groups in total. The van der Waals surface area contributed by atoms with Crippen molar-refractivity contribution in [1.82, 2.24) is 10.4 Å². The fourth-order valence-electron chi connectivity index (χ4n) is 2.10. The number of carbonyl (C=O) groups is 2. The summed E-state index contributed by atoms with van der Waals surface area (Å²) < 4.78 is 5.32. The van der Waals surface area contributed by atoms with Gasteiger partial charge in [-0.3, -0.25) is 25.1 Å². The van der Waals surface area contributed by atoms with Gasteiger partial charge in [0.2, 0.25) is 0 Å². The maximum Gasteiger partial charge on any atom is 0.285 e. The van der Waals surface area contributed by atoms with E-state index in [4.69, 9.17) is 16.6 Å². The van der Waals surface area contributed by atoms with Crippen LogP contribution in [0.2, 0.25) is 0 Å². The van der Waals surface area contributed by atoms with E-state index in [1.807, 2.05) is 0 Å². The number of nitrogens with one attached hydrogen (secondary N) is 1. The first-order valence-electron chi connectivity index (χ1n) is 7.49. The smallest absolute Gasteiger partial charge is 0.285 e. The minimum absolute atomic E-state index is 0.136. The predicted molar refractivity (Wildman–Crippen MR) is 103 cm³/mol. The molecule has 1 fully saturated rings. The SMILES string of the molecule is O=C(NN1C(=O)/C(=C/C=C/c2ccco2)SC1=S)c1ccc([N+](=O)[O-])cc1. The quantitative estimate of drug-likeness (QED) is 0.355.